The fraction of sp³-hybridized carbons (Fsp3) is 0.238. The van der Waals surface area contributed by atoms with Crippen molar-refractivity contribution < 1.29 is 4.74 Å². The summed E-state index contributed by atoms with van der Waals surface area (Å²) in [5, 5.41) is 3.22. The van der Waals surface area contributed by atoms with Crippen LogP contribution in [0.25, 0.3) is 0 Å². The van der Waals surface area contributed by atoms with E-state index in [9.17, 15) is 0 Å². The van der Waals surface area contributed by atoms with E-state index in [1.807, 2.05) is 18.3 Å². The van der Waals surface area contributed by atoms with Crippen molar-refractivity contribution in [2.24, 2.45) is 0 Å². The molecule has 1 heterocycles. The standard InChI is InChI=1S/C21H24N2O/c1-17-3-5-18(6-4-17)15-23(20-11-13-22-14-12-20)16-19-7-9-21(24-2)10-8-19/h3-13,22H,14-16H2,1-2H3. The summed E-state index contributed by atoms with van der Waals surface area (Å²) in [6, 6.07) is 17.1. The molecule has 0 saturated heterocycles. The molecule has 0 fully saturated rings. The highest BCUT2D eigenvalue weighted by Gasteiger charge is 2.11. The van der Waals surface area contributed by atoms with E-state index in [-0.39, 0.29) is 0 Å². The molecule has 0 bridgehead atoms. The quantitative estimate of drug-likeness (QED) is 0.870. The maximum Gasteiger partial charge on any atom is 0.118 e. The summed E-state index contributed by atoms with van der Waals surface area (Å²) in [5.74, 6) is 0.893. The van der Waals surface area contributed by atoms with Crippen LogP contribution in [0.4, 0.5) is 0 Å². The number of hydrogen-bond acceptors (Lipinski definition) is 3. The molecule has 3 heteroatoms. The van der Waals surface area contributed by atoms with Crippen molar-refractivity contribution in [1.29, 1.82) is 0 Å². The number of methoxy groups -OCH3 is 1. The van der Waals surface area contributed by atoms with Gasteiger partial charge in [-0.25, -0.2) is 0 Å². The first kappa shape index (κ1) is 16.2. The van der Waals surface area contributed by atoms with Crippen LogP contribution >= 0.6 is 0 Å². The van der Waals surface area contributed by atoms with Crippen LogP contribution in [0.1, 0.15) is 16.7 Å². The molecule has 124 valence electrons. The highest BCUT2D eigenvalue weighted by molar-refractivity contribution is 5.30. The number of rotatable bonds is 6. The number of ether oxygens (including phenoxy) is 1. The Hall–Kier alpha value is -2.68. The van der Waals surface area contributed by atoms with E-state index < -0.39 is 0 Å². The third-order valence-electron chi connectivity index (χ3n) is 4.19. The van der Waals surface area contributed by atoms with Crippen LogP contribution in [-0.2, 0) is 13.1 Å². The van der Waals surface area contributed by atoms with Crippen LogP contribution in [0.3, 0.4) is 0 Å². The van der Waals surface area contributed by atoms with Crippen LogP contribution in [-0.4, -0.2) is 18.6 Å². The van der Waals surface area contributed by atoms with Crippen LogP contribution in [0, 0.1) is 6.92 Å². The Morgan fingerprint density at radius 2 is 1.58 bits per heavy atom. The smallest absolute Gasteiger partial charge is 0.118 e. The topological polar surface area (TPSA) is 24.5 Å². The van der Waals surface area contributed by atoms with E-state index in [1.165, 1.54) is 22.4 Å². The maximum atomic E-state index is 5.25. The summed E-state index contributed by atoms with van der Waals surface area (Å²) in [5.41, 5.74) is 5.14. The Labute approximate surface area is 144 Å². The average molecular weight is 320 g/mol. The van der Waals surface area contributed by atoms with E-state index >= 15 is 0 Å². The van der Waals surface area contributed by atoms with Gasteiger partial charge < -0.3 is 15.0 Å². The molecule has 2 aromatic carbocycles. The lowest BCUT2D eigenvalue weighted by molar-refractivity contribution is 0.336. The molecule has 0 atom stereocenters. The molecule has 3 nitrogen and oxygen atoms in total. The van der Waals surface area contributed by atoms with E-state index in [1.54, 1.807) is 7.11 Å². The minimum absolute atomic E-state index is 0.869. The summed E-state index contributed by atoms with van der Waals surface area (Å²) in [7, 11) is 1.70. The molecule has 3 rings (SSSR count). The predicted molar refractivity (Wildman–Crippen MR) is 98.6 cm³/mol. The number of hydrogen-bond donors (Lipinski definition) is 1. The van der Waals surface area contributed by atoms with Crippen LogP contribution in [0.15, 0.2) is 72.6 Å². The van der Waals surface area contributed by atoms with Gasteiger partial charge in [0, 0.05) is 25.3 Å². The summed E-state index contributed by atoms with van der Waals surface area (Å²) >= 11 is 0. The van der Waals surface area contributed by atoms with Gasteiger partial charge in [-0.15, -0.1) is 0 Å². The van der Waals surface area contributed by atoms with Crippen molar-refractivity contribution >= 4 is 0 Å². The van der Waals surface area contributed by atoms with Crippen molar-refractivity contribution in [3.63, 3.8) is 0 Å². The second-order valence-corrected chi connectivity index (χ2v) is 6.06. The summed E-state index contributed by atoms with van der Waals surface area (Å²) < 4.78 is 5.25. The molecule has 0 radical (unpaired) electrons. The van der Waals surface area contributed by atoms with Gasteiger partial charge in [0.25, 0.3) is 0 Å². The molecular formula is C21H24N2O. The molecule has 0 amide bonds. The lowest BCUT2D eigenvalue weighted by Crippen LogP contribution is -2.24. The Balaban J connectivity index is 1.79. The van der Waals surface area contributed by atoms with Crippen molar-refractivity contribution in [3.05, 3.63) is 89.3 Å². The fourth-order valence-corrected chi connectivity index (χ4v) is 2.78. The first-order valence-corrected chi connectivity index (χ1v) is 8.28. The van der Waals surface area contributed by atoms with Gasteiger partial charge in [-0.1, -0.05) is 42.0 Å². The molecule has 0 unspecified atom stereocenters. The van der Waals surface area contributed by atoms with E-state index in [0.29, 0.717) is 0 Å². The van der Waals surface area contributed by atoms with Crippen LogP contribution < -0.4 is 10.1 Å². The molecule has 1 N–H and O–H groups in total. The van der Waals surface area contributed by atoms with Gasteiger partial charge >= 0.3 is 0 Å². The summed E-state index contributed by atoms with van der Waals surface area (Å²) in [6.07, 6.45) is 6.39. The molecule has 1 aliphatic rings. The van der Waals surface area contributed by atoms with Crippen molar-refractivity contribution in [2.75, 3.05) is 13.7 Å². The third-order valence-corrected chi connectivity index (χ3v) is 4.19. The van der Waals surface area contributed by atoms with E-state index in [2.05, 4.69) is 65.7 Å². The second kappa shape index (κ2) is 7.73. The first-order chi connectivity index (χ1) is 11.7. The van der Waals surface area contributed by atoms with E-state index in [4.69, 9.17) is 4.74 Å². The maximum absolute atomic E-state index is 5.25. The normalized spacial score (nSPS) is 13.2. The first-order valence-electron chi connectivity index (χ1n) is 8.28. The predicted octanol–water partition coefficient (Wildman–Crippen LogP) is 4.01. The van der Waals surface area contributed by atoms with Gasteiger partial charge in [-0.2, -0.15) is 0 Å². The number of aryl methyl sites for hydroxylation is 1. The minimum atomic E-state index is 0.869. The van der Waals surface area contributed by atoms with Gasteiger partial charge in [-0.3, -0.25) is 0 Å². The zero-order valence-corrected chi connectivity index (χ0v) is 14.3. The van der Waals surface area contributed by atoms with E-state index in [0.717, 1.165) is 25.4 Å². The molecular weight excluding hydrogens is 296 g/mol. The summed E-state index contributed by atoms with van der Waals surface area (Å²) in [6.45, 7) is 4.76. The number of benzene rings is 2. The molecule has 24 heavy (non-hydrogen) atoms. The average Bonchev–Trinajstić information content (AvgIpc) is 2.64. The number of dihydropyridines is 1. The lowest BCUT2D eigenvalue weighted by Gasteiger charge is -2.28. The summed E-state index contributed by atoms with van der Waals surface area (Å²) in [4.78, 5) is 2.41. The van der Waals surface area contributed by atoms with Gasteiger partial charge in [0.15, 0.2) is 0 Å². The number of nitrogens with one attached hydrogen (secondary N) is 1. The Bertz CT molecular complexity index is 715. The van der Waals surface area contributed by atoms with Gasteiger partial charge in [-0.05, 0) is 48.5 Å². The van der Waals surface area contributed by atoms with Gasteiger partial charge in [0.1, 0.15) is 5.75 Å². The lowest BCUT2D eigenvalue weighted by atomic mass is 10.1. The van der Waals surface area contributed by atoms with Gasteiger partial charge in [0.05, 0.1) is 7.11 Å². The number of allylic oxidation sites excluding steroid dienone is 1. The SMILES string of the molecule is COc1ccc(CN(Cc2ccc(C)cc2)C2=CCNC=C2)cc1. The molecule has 1 aliphatic heterocycles. The van der Waals surface area contributed by atoms with Crippen molar-refractivity contribution in [2.45, 2.75) is 20.0 Å². The highest BCUT2D eigenvalue weighted by Crippen LogP contribution is 2.20. The Kier molecular flexibility index (Phi) is 5.22. The molecule has 2 aromatic rings. The Morgan fingerprint density at radius 1 is 0.958 bits per heavy atom. The third kappa shape index (κ3) is 4.19. The van der Waals surface area contributed by atoms with Gasteiger partial charge in [0.2, 0.25) is 0 Å². The number of nitrogens with zero attached hydrogens (tertiary/aromatic N) is 1. The van der Waals surface area contributed by atoms with Crippen LogP contribution in [0.5, 0.6) is 5.75 Å². The molecule has 0 aromatic heterocycles. The molecule has 0 spiro atoms. The fourth-order valence-electron chi connectivity index (χ4n) is 2.78. The largest absolute Gasteiger partial charge is 0.497 e. The minimum Gasteiger partial charge on any atom is -0.497 e. The Morgan fingerprint density at radius 3 is 2.12 bits per heavy atom. The monoisotopic (exact) mass is 320 g/mol. The highest BCUT2D eigenvalue weighted by atomic mass is 16.5. The zero-order valence-electron chi connectivity index (χ0n) is 14.3. The molecule has 0 aliphatic carbocycles. The van der Waals surface area contributed by atoms with Crippen molar-refractivity contribution in [3.8, 4) is 5.75 Å². The van der Waals surface area contributed by atoms with Crippen molar-refractivity contribution in [1.82, 2.24) is 10.2 Å². The zero-order chi connectivity index (χ0) is 16.8. The van der Waals surface area contributed by atoms with Crippen LogP contribution in [0.2, 0.25) is 0 Å². The second-order valence-electron chi connectivity index (χ2n) is 6.06. The molecule has 0 saturated carbocycles.